The normalized spacial score (nSPS) is 11.7. The molecule has 5 aromatic rings. The first-order valence-electron chi connectivity index (χ1n) is 9.23. The molecular weight excluding hydrogens is 385 g/mol. The Kier molecular flexibility index (Phi) is 4.40. The summed E-state index contributed by atoms with van der Waals surface area (Å²) in [5.74, 6) is 0.163. The van der Waals surface area contributed by atoms with Crippen molar-refractivity contribution in [2.24, 2.45) is 5.16 Å². The van der Waals surface area contributed by atoms with Crippen LogP contribution in [0.15, 0.2) is 66.2 Å². The van der Waals surface area contributed by atoms with E-state index in [1.807, 2.05) is 31.2 Å². The lowest BCUT2D eigenvalue weighted by Crippen LogP contribution is -1.99. The van der Waals surface area contributed by atoms with Crippen LogP contribution in [0.2, 0.25) is 0 Å². The van der Waals surface area contributed by atoms with Gasteiger partial charge in [0.25, 0.3) is 0 Å². The van der Waals surface area contributed by atoms with Crippen LogP contribution in [0.25, 0.3) is 22.4 Å². The first-order chi connectivity index (χ1) is 14.7. The average Bonchev–Trinajstić information content (AvgIpc) is 3.36. The second-order valence-corrected chi connectivity index (χ2v) is 6.73. The van der Waals surface area contributed by atoms with Gasteiger partial charge in [0, 0.05) is 0 Å². The van der Waals surface area contributed by atoms with Gasteiger partial charge in [-0.2, -0.15) is 5.10 Å². The Morgan fingerprint density at radius 3 is 2.83 bits per heavy atom. The predicted molar refractivity (Wildman–Crippen MR) is 109 cm³/mol. The van der Waals surface area contributed by atoms with Crippen LogP contribution in [0.5, 0.6) is 0 Å². The molecule has 30 heavy (non-hydrogen) atoms. The molecule has 0 aliphatic carbocycles. The molecule has 0 spiro atoms. The highest BCUT2D eigenvalue weighted by Crippen LogP contribution is 2.20. The zero-order chi connectivity index (χ0) is 20.5. The van der Waals surface area contributed by atoms with Crippen molar-refractivity contribution in [3.63, 3.8) is 0 Å². The lowest BCUT2D eigenvalue weighted by molar-refractivity contribution is 0.126. The van der Waals surface area contributed by atoms with Crippen molar-refractivity contribution in [2.75, 3.05) is 0 Å². The summed E-state index contributed by atoms with van der Waals surface area (Å²) in [5, 5.41) is 13.5. The van der Waals surface area contributed by atoms with Crippen LogP contribution in [0.1, 0.15) is 17.0 Å². The molecule has 0 radical (unpaired) electrons. The van der Waals surface area contributed by atoms with Gasteiger partial charge in [-0.25, -0.2) is 23.6 Å². The van der Waals surface area contributed by atoms with Crippen molar-refractivity contribution < 1.29 is 9.23 Å². The molecule has 0 saturated heterocycles. The van der Waals surface area contributed by atoms with E-state index in [0.717, 1.165) is 22.2 Å². The Bertz CT molecular complexity index is 1370. The van der Waals surface area contributed by atoms with Gasteiger partial charge in [0.15, 0.2) is 23.7 Å². The fraction of sp³-hybridized carbons (Fsp3) is 0.0952. The third-order valence-corrected chi connectivity index (χ3v) is 4.54. The SMILES string of the molecule is Cc1cccc(-n2ncc3c2ncn2nc(CO/N=C\c4ccc(F)cc4)nc32)c1. The van der Waals surface area contributed by atoms with Crippen molar-refractivity contribution in [1.82, 2.24) is 29.4 Å². The molecule has 0 saturated carbocycles. The molecule has 2 aromatic carbocycles. The zero-order valence-corrected chi connectivity index (χ0v) is 16.0. The molecule has 0 atom stereocenters. The van der Waals surface area contributed by atoms with Gasteiger partial charge in [-0.15, -0.1) is 5.10 Å². The predicted octanol–water partition coefficient (Wildman–Crippen LogP) is 3.46. The minimum atomic E-state index is -0.299. The van der Waals surface area contributed by atoms with Gasteiger partial charge in [0.1, 0.15) is 12.1 Å². The molecule has 0 amide bonds. The van der Waals surface area contributed by atoms with E-state index in [1.165, 1.54) is 18.3 Å². The highest BCUT2D eigenvalue weighted by Gasteiger charge is 2.13. The Labute approximate surface area is 170 Å². The van der Waals surface area contributed by atoms with Gasteiger partial charge in [-0.05, 0) is 42.3 Å². The van der Waals surface area contributed by atoms with Gasteiger partial charge < -0.3 is 4.84 Å². The number of rotatable bonds is 5. The fourth-order valence-corrected chi connectivity index (χ4v) is 3.12. The number of hydrogen-bond donors (Lipinski definition) is 0. The number of benzene rings is 2. The van der Waals surface area contributed by atoms with Crippen LogP contribution in [0.4, 0.5) is 4.39 Å². The molecule has 3 aromatic heterocycles. The van der Waals surface area contributed by atoms with Gasteiger partial charge >= 0.3 is 0 Å². The highest BCUT2D eigenvalue weighted by molar-refractivity contribution is 5.89. The Balaban J connectivity index is 1.39. The van der Waals surface area contributed by atoms with Crippen LogP contribution in [-0.2, 0) is 11.4 Å². The maximum Gasteiger partial charge on any atom is 0.192 e. The smallest absolute Gasteiger partial charge is 0.192 e. The van der Waals surface area contributed by atoms with E-state index in [0.29, 0.717) is 17.1 Å². The maximum atomic E-state index is 12.9. The highest BCUT2D eigenvalue weighted by atomic mass is 19.1. The summed E-state index contributed by atoms with van der Waals surface area (Å²) in [6.07, 6.45) is 4.83. The van der Waals surface area contributed by atoms with Gasteiger partial charge in [0.05, 0.1) is 23.5 Å². The van der Waals surface area contributed by atoms with E-state index >= 15 is 0 Å². The van der Waals surface area contributed by atoms with Crippen LogP contribution in [-0.4, -0.2) is 35.6 Å². The van der Waals surface area contributed by atoms with E-state index in [2.05, 4.69) is 25.3 Å². The van der Waals surface area contributed by atoms with Crippen LogP contribution >= 0.6 is 0 Å². The first kappa shape index (κ1) is 17.9. The number of oxime groups is 1. The molecule has 8 nitrogen and oxygen atoms in total. The van der Waals surface area contributed by atoms with Crippen molar-refractivity contribution in [3.8, 4) is 5.69 Å². The number of aryl methyl sites for hydroxylation is 1. The molecule has 0 fully saturated rings. The standard InChI is InChI=1S/C21H16FN7O/c1-14-3-2-4-17(9-14)29-20-18(11-24-29)21-26-19(27-28(21)13-23-20)12-30-25-10-15-5-7-16(22)8-6-15/h2-11,13H,12H2,1H3/b25-10-. The number of hydrogen-bond acceptors (Lipinski definition) is 6. The number of halogens is 1. The summed E-state index contributed by atoms with van der Waals surface area (Å²) in [5.41, 5.74) is 4.14. The maximum absolute atomic E-state index is 12.9. The van der Waals surface area contributed by atoms with Crippen LogP contribution in [0.3, 0.4) is 0 Å². The topological polar surface area (TPSA) is 82.5 Å². The summed E-state index contributed by atoms with van der Waals surface area (Å²) in [7, 11) is 0. The second kappa shape index (κ2) is 7.36. The van der Waals surface area contributed by atoms with Crippen molar-refractivity contribution in [2.45, 2.75) is 13.5 Å². The molecular formula is C21H16FN7O. The van der Waals surface area contributed by atoms with Gasteiger partial charge in [-0.1, -0.05) is 29.4 Å². The molecule has 0 unspecified atom stereocenters. The summed E-state index contributed by atoms with van der Waals surface area (Å²) >= 11 is 0. The number of nitrogens with zero attached hydrogens (tertiary/aromatic N) is 7. The molecule has 0 bridgehead atoms. The third kappa shape index (κ3) is 3.37. The average molecular weight is 401 g/mol. The van der Waals surface area contributed by atoms with E-state index in [4.69, 9.17) is 4.84 Å². The summed E-state index contributed by atoms with van der Waals surface area (Å²) < 4.78 is 16.3. The fourth-order valence-electron chi connectivity index (χ4n) is 3.12. The first-order valence-corrected chi connectivity index (χ1v) is 9.23. The Morgan fingerprint density at radius 1 is 1.13 bits per heavy atom. The van der Waals surface area contributed by atoms with Crippen molar-refractivity contribution >= 4 is 22.9 Å². The molecule has 9 heteroatoms. The molecule has 0 N–H and O–H groups in total. The van der Waals surface area contributed by atoms with Gasteiger partial charge in [-0.3, -0.25) is 0 Å². The monoisotopic (exact) mass is 401 g/mol. The minimum absolute atomic E-state index is 0.0902. The molecule has 3 heterocycles. The largest absolute Gasteiger partial charge is 0.387 e. The summed E-state index contributed by atoms with van der Waals surface area (Å²) in [6, 6.07) is 14.0. The van der Waals surface area contributed by atoms with Crippen LogP contribution in [0, 0.1) is 12.7 Å². The molecule has 0 aliphatic rings. The lowest BCUT2D eigenvalue weighted by atomic mass is 10.2. The van der Waals surface area contributed by atoms with E-state index in [-0.39, 0.29) is 12.4 Å². The molecule has 0 aliphatic heterocycles. The third-order valence-electron chi connectivity index (χ3n) is 4.54. The Morgan fingerprint density at radius 2 is 2.00 bits per heavy atom. The summed E-state index contributed by atoms with van der Waals surface area (Å²) in [6.45, 7) is 2.12. The Hall–Kier alpha value is -4.14. The van der Waals surface area contributed by atoms with E-state index in [9.17, 15) is 4.39 Å². The molecule has 148 valence electrons. The lowest BCUT2D eigenvalue weighted by Gasteiger charge is -2.03. The number of fused-ring (bicyclic) bond motifs is 3. The summed E-state index contributed by atoms with van der Waals surface area (Å²) in [4.78, 5) is 14.3. The second-order valence-electron chi connectivity index (χ2n) is 6.73. The quantitative estimate of drug-likeness (QED) is 0.333. The van der Waals surface area contributed by atoms with E-state index in [1.54, 1.807) is 33.9 Å². The van der Waals surface area contributed by atoms with E-state index < -0.39 is 0 Å². The molecule has 5 rings (SSSR count). The number of aromatic nitrogens is 6. The van der Waals surface area contributed by atoms with Crippen molar-refractivity contribution in [3.05, 3.63) is 83.8 Å². The van der Waals surface area contributed by atoms with Crippen LogP contribution < -0.4 is 0 Å². The zero-order valence-electron chi connectivity index (χ0n) is 16.0. The van der Waals surface area contributed by atoms with Crippen molar-refractivity contribution in [1.29, 1.82) is 0 Å². The minimum Gasteiger partial charge on any atom is -0.387 e. The van der Waals surface area contributed by atoms with Gasteiger partial charge in [0.2, 0.25) is 0 Å².